The molecule has 2 fully saturated rings. The van der Waals surface area contributed by atoms with Crippen molar-refractivity contribution in [2.75, 3.05) is 13.1 Å². The van der Waals surface area contributed by atoms with Gasteiger partial charge < -0.3 is 19.5 Å². The van der Waals surface area contributed by atoms with E-state index in [-0.39, 0.29) is 17.6 Å². The molecule has 7 heteroatoms. The highest BCUT2D eigenvalue weighted by Crippen LogP contribution is 2.51. The van der Waals surface area contributed by atoms with Crippen molar-refractivity contribution in [3.8, 4) is 5.88 Å². The Labute approximate surface area is 221 Å². The number of ether oxygens (including phenoxy) is 2. The molecule has 37 heavy (non-hydrogen) atoms. The normalized spacial score (nSPS) is 22.3. The molecule has 2 atom stereocenters. The Morgan fingerprint density at radius 1 is 1.11 bits per heavy atom. The molecule has 2 heterocycles. The van der Waals surface area contributed by atoms with E-state index >= 15 is 0 Å². The van der Waals surface area contributed by atoms with Gasteiger partial charge in [-0.15, -0.1) is 5.10 Å². The van der Waals surface area contributed by atoms with Gasteiger partial charge in [0.2, 0.25) is 5.88 Å². The van der Waals surface area contributed by atoms with Crippen LogP contribution in [0.3, 0.4) is 0 Å². The smallest absolute Gasteiger partial charge is 0.410 e. The second kappa shape index (κ2) is 9.57. The number of likely N-dealkylation sites (tertiary alicyclic amines) is 1. The Balaban J connectivity index is 1.69. The maximum atomic E-state index is 12.7. The monoisotopic (exact) mass is 509 g/mol. The van der Waals surface area contributed by atoms with Gasteiger partial charge >= 0.3 is 6.09 Å². The van der Waals surface area contributed by atoms with E-state index in [4.69, 9.17) is 9.47 Å². The fourth-order valence-corrected chi connectivity index (χ4v) is 5.71. The van der Waals surface area contributed by atoms with Crippen LogP contribution in [0, 0.1) is 10.8 Å². The number of amides is 1. The van der Waals surface area contributed by atoms with Crippen molar-refractivity contribution in [3.63, 3.8) is 0 Å². The van der Waals surface area contributed by atoms with Gasteiger partial charge in [-0.05, 0) is 57.1 Å². The molecule has 1 aliphatic heterocycles. The van der Waals surface area contributed by atoms with E-state index < -0.39 is 16.6 Å². The van der Waals surface area contributed by atoms with E-state index in [2.05, 4.69) is 50.0 Å². The summed E-state index contributed by atoms with van der Waals surface area (Å²) in [5, 5.41) is 21.1. The molecule has 1 unspecified atom stereocenters. The first kappa shape index (κ1) is 27.4. The van der Waals surface area contributed by atoms with Crippen molar-refractivity contribution in [2.24, 2.45) is 10.8 Å². The van der Waals surface area contributed by atoms with Crippen LogP contribution in [0.4, 0.5) is 4.79 Å². The van der Waals surface area contributed by atoms with Crippen LogP contribution in [-0.2, 0) is 10.3 Å². The second-order valence-electron chi connectivity index (χ2n) is 13.2. The quantitative estimate of drug-likeness (QED) is 0.510. The van der Waals surface area contributed by atoms with E-state index in [1.807, 2.05) is 45.9 Å². The lowest BCUT2D eigenvalue weighted by Crippen LogP contribution is -2.66. The minimum absolute atomic E-state index is 0.0532. The van der Waals surface area contributed by atoms with E-state index in [0.29, 0.717) is 30.5 Å². The van der Waals surface area contributed by atoms with E-state index in [9.17, 15) is 9.90 Å². The summed E-state index contributed by atoms with van der Waals surface area (Å²) in [7, 11) is 0. The summed E-state index contributed by atoms with van der Waals surface area (Å²) in [4.78, 5) is 14.4. The number of hydrogen-bond donors (Lipinski definition) is 1. The summed E-state index contributed by atoms with van der Waals surface area (Å²) in [5.74, 6) is 0.795. The minimum Gasteiger partial charge on any atom is -0.473 e. The van der Waals surface area contributed by atoms with Crippen LogP contribution in [0.2, 0.25) is 0 Å². The van der Waals surface area contributed by atoms with Gasteiger partial charge in [0.05, 0.1) is 6.20 Å². The zero-order valence-corrected chi connectivity index (χ0v) is 23.7. The highest BCUT2D eigenvalue weighted by molar-refractivity contribution is 5.70. The van der Waals surface area contributed by atoms with Gasteiger partial charge in [0.15, 0.2) is 0 Å². The molecule has 1 N–H and O–H groups in total. The van der Waals surface area contributed by atoms with Crippen LogP contribution in [0.15, 0.2) is 36.5 Å². The zero-order chi connectivity index (χ0) is 27.2. The van der Waals surface area contributed by atoms with Crippen molar-refractivity contribution >= 4 is 6.09 Å². The van der Waals surface area contributed by atoms with Gasteiger partial charge in [0, 0.05) is 35.5 Å². The van der Waals surface area contributed by atoms with Crippen LogP contribution in [-0.4, -0.2) is 51.1 Å². The van der Waals surface area contributed by atoms with Crippen LogP contribution in [0.25, 0.3) is 0 Å². The first-order valence-electron chi connectivity index (χ1n) is 13.5. The molecule has 4 rings (SSSR count). The Morgan fingerprint density at radius 2 is 1.76 bits per heavy atom. The van der Waals surface area contributed by atoms with Crippen LogP contribution >= 0.6 is 0 Å². The predicted octanol–water partition coefficient (Wildman–Crippen LogP) is 6.05. The summed E-state index contributed by atoms with van der Waals surface area (Å²) in [6.07, 6.45) is 4.50. The van der Waals surface area contributed by atoms with Gasteiger partial charge in [-0.3, -0.25) is 0 Å². The van der Waals surface area contributed by atoms with Gasteiger partial charge in [-0.2, -0.15) is 5.10 Å². The lowest BCUT2D eigenvalue weighted by Gasteiger charge is -2.56. The van der Waals surface area contributed by atoms with Crippen molar-refractivity contribution in [1.29, 1.82) is 0 Å². The van der Waals surface area contributed by atoms with Gasteiger partial charge in [0.1, 0.15) is 17.3 Å². The summed E-state index contributed by atoms with van der Waals surface area (Å²) in [5.41, 5.74) is -0.0485. The largest absolute Gasteiger partial charge is 0.473 e. The fraction of sp³-hybridized carbons (Fsp3) is 0.633. The third-order valence-electron chi connectivity index (χ3n) is 8.07. The SMILES string of the molecule is CC(C)c1ccc([C@](O)(c2cnnc(OC3CCCC3(C)C)c2)C2(C)CN(C(=O)OC(C)(C)C)C2)cc1. The average Bonchev–Trinajstić information content (AvgIpc) is 3.12. The molecule has 1 amide bonds. The van der Waals surface area contributed by atoms with Gasteiger partial charge in [0.25, 0.3) is 0 Å². The molecule has 0 radical (unpaired) electrons. The molecular weight excluding hydrogens is 466 g/mol. The third kappa shape index (κ3) is 5.33. The molecule has 202 valence electrons. The van der Waals surface area contributed by atoms with Crippen molar-refractivity contribution in [1.82, 2.24) is 15.1 Å². The molecule has 0 spiro atoms. The molecule has 1 aromatic heterocycles. The Bertz CT molecular complexity index is 1120. The summed E-state index contributed by atoms with van der Waals surface area (Å²) in [6.45, 7) is 17.0. The van der Waals surface area contributed by atoms with Gasteiger partial charge in [-0.25, -0.2) is 4.79 Å². The topological polar surface area (TPSA) is 84.8 Å². The van der Waals surface area contributed by atoms with E-state index in [0.717, 1.165) is 24.8 Å². The zero-order valence-electron chi connectivity index (χ0n) is 23.7. The summed E-state index contributed by atoms with van der Waals surface area (Å²) >= 11 is 0. The number of hydrogen-bond acceptors (Lipinski definition) is 6. The second-order valence-corrected chi connectivity index (χ2v) is 13.2. The Hall–Kier alpha value is -2.67. The maximum absolute atomic E-state index is 12.7. The molecular formula is C30H43N3O4. The fourth-order valence-electron chi connectivity index (χ4n) is 5.71. The first-order valence-corrected chi connectivity index (χ1v) is 13.5. The number of carbonyl (C=O) groups excluding carboxylic acids is 1. The molecule has 0 bridgehead atoms. The first-order chi connectivity index (χ1) is 17.1. The number of rotatable bonds is 6. The number of aromatic nitrogens is 2. The number of nitrogens with zero attached hydrogens (tertiary/aromatic N) is 3. The van der Waals surface area contributed by atoms with Crippen LogP contribution in [0.1, 0.15) is 97.3 Å². The average molecular weight is 510 g/mol. The van der Waals surface area contributed by atoms with Crippen molar-refractivity contribution in [3.05, 3.63) is 53.2 Å². The molecule has 1 aliphatic carbocycles. The lowest BCUT2D eigenvalue weighted by atomic mass is 9.62. The third-order valence-corrected chi connectivity index (χ3v) is 8.07. The number of carbonyl (C=O) groups is 1. The summed E-state index contributed by atoms with van der Waals surface area (Å²) < 4.78 is 11.9. The standard InChI is InChI=1S/C30H43N3O4/c1-20(2)21-11-13-22(14-12-21)30(35,29(8)18-33(19-29)26(34)37-27(3,4)5)23-16-25(32-31-17-23)36-24-10-9-15-28(24,6)7/h11-14,16-17,20,24,35H,9-10,15,18-19H2,1-8H3/t24?,30-/m0/s1. The summed E-state index contributed by atoms with van der Waals surface area (Å²) in [6, 6.07) is 9.91. The molecule has 1 aromatic carbocycles. The molecule has 2 aromatic rings. The maximum Gasteiger partial charge on any atom is 0.410 e. The van der Waals surface area contributed by atoms with Crippen LogP contribution < -0.4 is 4.74 Å². The lowest BCUT2D eigenvalue weighted by molar-refractivity contribution is -0.131. The molecule has 2 aliphatic rings. The minimum atomic E-state index is -1.42. The Kier molecular flexibility index (Phi) is 7.08. The Morgan fingerprint density at radius 3 is 2.30 bits per heavy atom. The molecule has 1 saturated carbocycles. The molecule has 1 saturated heterocycles. The molecule has 7 nitrogen and oxygen atoms in total. The predicted molar refractivity (Wildman–Crippen MR) is 144 cm³/mol. The van der Waals surface area contributed by atoms with E-state index in [1.165, 1.54) is 5.56 Å². The van der Waals surface area contributed by atoms with Crippen molar-refractivity contribution in [2.45, 2.75) is 97.9 Å². The van der Waals surface area contributed by atoms with E-state index in [1.54, 1.807) is 11.1 Å². The van der Waals surface area contributed by atoms with Crippen LogP contribution in [0.5, 0.6) is 5.88 Å². The number of benzene rings is 1. The highest BCUT2D eigenvalue weighted by atomic mass is 16.6. The van der Waals surface area contributed by atoms with Gasteiger partial charge in [-0.1, -0.05) is 58.9 Å². The highest BCUT2D eigenvalue weighted by Gasteiger charge is 2.58. The van der Waals surface area contributed by atoms with Crippen molar-refractivity contribution < 1.29 is 19.4 Å². The number of aliphatic hydroxyl groups is 1.